The number of carbonyl (C=O) groups is 3. The van der Waals surface area contributed by atoms with Gasteiger partial charge < -0.3 is 14.2 Å². The van der Waals surface area contributed by atoms with Gasteiger partial charge in [-0.15, -0.1) is 0 Å². The number of hydrogen-bond acceptors (Lipinski definition) is 6. The second kappa shape index (κ2) is 49.8. The van der Waals surface area contributed by atoms with Crippen molar-refractivity contribution in [2.45, 2.75) is 258 Å². The van der Waals surface area contributed by atoms with Crippen LogP contribution >= 0.6 is 0 Å². The van der Waals surface area contributed by atoms with Crippen LogP contribution in [0.25, 0.3) is 0 Å². The number of carbonyl (C=O) groups excluding carboxylic acids is 3. The van der Waals surface area contributed by atoms with Gasteiger partial charge in [-0.1, -0.05) is 204 Å². The standard InChI is InChI=1S/C55H96O6/c1-4-7-10-13-16-19-21-23-25-27-28-30-31-33-36-39-42-45-48-54(57)60-51-52(50-59-53(56)47-44-41-38-35-18-15-12-9-6-3)61-55(58)49-46-43-40-37-34-32-29-26-24-22-20-17-14-11-8-5-2/h21,23,25-30,35,38,52H,4-20,22,24,31-34,36-37,39-51H2,1-3H3/b23-21-,27-25-,29-26-,30-28-,38-35-. The molecule has 61 heavy (non-hydrogen) atoms. The highest BCUT2D eigenvalue weighted by atomic mass is 16.6. The summed E-state index contributed by atoms with van der Waals surface area (Å²) in [6.45, 7) is 6.54. The fraction of sp³-hybridized carbons (Fsp3) is 0.764. The molecule has 1 atom stereocenters. The third kappa shape index (κ3) is 48.0. The van der Waals surface area contributed by atoms with Crippen molar-refractivity contribution in [2.75, 3.05) is 13.2 Å². The van der Waals surface area contributed by atoms with Gasteiger partial charge in [0, 0.05) is 19.3 Å². The first-order chi connectivity index (χ1) is 30.0. The SMILES string of the molecule is CCCCCC/C=C\CCCC(=O)OCC(COC(=O)CCCCCCC\C=C/C=C\C=C/CCCCCCC)OC(=O)CCCCCCC/C=C\CCCCCCCCC. The average molecular weight is 853 g/mol. The van der Waals surface area contributed by atoms with E-state index in [9.17, 15) is 14.4 Å². The Morgan fingerprint density at radius 2 is 0.623 bits per heavy atom. The van der Waals surface area contributed by atoms with Crippen molar-refractivity contribution in [3.8, 4) is 0 Å². The summed E-state index contributed by atoms with van der Waals surface area (Å²) < 4.78 is 16.7. The summed E-state index contributed by atoms with van der Waals surface area (Å²) in [5.74, 6) is -0.957. The van der Waals surface area contributed by atoms with Crippen LogP contribution in [0.15, 0.2) is 60.8 Å². The fourth-order valence-corrected chi connectivity index (χ4v) is 7.09. The predicted molar refractivity (Wildman–Crippen MR) is 261 cm³/mol. The van der Waals surface area contributed by atoms with Crippen LogP contribution in [-0.2, 0) is 28.6 Å². The van der Waals surface area contributed by atoms with Gasteiger partial charge in [0.1, 0.15) is 13.2 Å². The van der Waals surface area contributed by atoms with E-state index in [1.54, 1.807) is 0 Å². The number of allylic oxidation sites excluding steroid dienone is 10. The van der Waals surface area contributed by atoms with Crippen LogP contribution in [0, 0.1) is 0 Å². The van der Waals surface area contributed by atoms with Crippen LogP contribution < -0.4 is 0 Å². The normalized spacial score (nSPS) is 12.5. The Labute approximate surface area is 377 Å². The first-order valence-electron chi connectivity index (χ1n) is 25.8. The van der Waals surface area contributed by atoms with E-state index < -0.39 is 6.10 Å². The summed E-state index contributed by atoms with van der Waals surface area (Å²) in [5.41, 5.74) is 0. The maximum absolute atomic E-state index is 12.8. The van der Waals surface area contributed by atoms with Crippen LogP contribution in [0.1, 0.15) is 252 Å². The molecule has 0 heterocycles. The predicted octanol–water partition coefficient (Wildman–Crippen LogP) is 16.9. The molecule has 0 rings (SSSR count). The molecule has 0 N–H and O–H groups in total. The Balaban J connectivity index is 4.39. The molecule has 6 nitrogen and oxygen atoms in total. The van der Waals surface area contributed by atoms with Gasteiger partial charge in [0.15, 0.2) is 6.10 Å². The van der Waals surface area contributed by atoms with E-state index in [0.29, 0.717) is 25.7 Å². The Bertz CT molecular complexity index is 1120. The van der Waals surface area contributed by atoms with Crippen molar-refractivity contribution in [1.82, 2.24) is 0 Å². The lowest BCUT2D eigenvalue weighted by atomic mass is 10.1. The summed E-state index contributed by atoms with van der Waals surface area (Å²) >= 11 is 0. The number of esters is 3. The molecule has 0 amide bonds. The van der Waals surface area contributed by atoms with Gasteiger partial charge in [0.2, 0.25) is 0 Å². The van der Waals surface area contributed by atoms with Crippen LogP contribution in [0.2, 0.25) is 0 Å². The van der Waals surface area contributed by atoms with Crippen molar-refractivity contribution in [3.05, 3.63) is 60.8 Å². The van der Waals surface area contributed by atoms with E-state index in [0.717, 1.165) is 83.5 Å². The van der Waals surface area contributed by atoms with Crippen molar-refractivity contribution >= 4 is 17.9 Å². The first-order valence-corrected chi connectivity index (χ1v) is 25.8. The summed E-state index contributed by atoms with van der Waals surface area (Å²) in [6.07, 6.45) is 60.7. The molecule has 0 saturated heterocycles. The maximum Gasteiger partial charge on any atom is 0.306 e. The highest BCUT2D eigenvalue weighted by Gasteiger charge is 2.19. The largest absolute Gasteiger partial charge is 0.462 e. The third-order valence-corrected chi connectivity index (χ3v) is 11.0. The molecule has 0 bridgehead atoms. The molecule has 0 aromatic rings. The van der Waals surface area contributed by atoms with Gasteiger partial charge in [-0.25, -0.2) is 0 Å². The third-order valence-electron chi connectivity index (χ3n) is 11.0. The number of ether oxygens (including phenoxy) is 3. The van der Waals surface area contributed by atoms with Crippen LogP contribution in [0.5, 0.6) is 0 Å². The van der Waals surface area contributed by atoms with Gasteiger partial charge in [0.25, 0.3) is 0 Å². The second-order valence-corrected chi connectivity index (χ2v) is 17.1. The highest BCUT2D eigenvalue weighted by Crippen LogP contribution is 2.13. The van der Waals surface area contributed by atoms with Crippen LogP contribution in [0.3, 0.4) is 0 Å². The maximum atomic E-state index is 12.8. The average Bonchev–Trinajstić information content (AvgIpc) is 3.26. The topological polar surface area (TPSA) is 78.9 Å². The molecule has 0 aromatic carbocycles. The van der Waals surface area contributed by atoms with Crippen molar-refractivity contribution in [2.24, 2.45) is 0 Å². The molecule has 0 aliphatic rings. The summed E-state index contributed by atoms with van der Waals surface area (Å²) in [4.78, 5) is 37.8. The van der Waals surface area contributed by atoms with Crippen molar-refractivity contribution in [1.29, 1.82) is 0 Å². The summed E-state index contributed by atoms with van der Waals surface area (Å²) in [6, 6.07) is 0. The smallest absolute Gasteiger partial charge is 0.306 e. The van der Waals surface area contributed by atoms with E-state index in [4.69, 9.17) is 14.2 Å². The Kier molecular flexibility index (Phi) is 47.4. The van der Waals surface area contributed by atoms with E-state index in [2.05, 4.69) is 81.5 Å². The van der Waals surface area contributed by atoms with E-state index in [-0.39, 0.29) is 31.1 Å². The van der Waals surface area contributed by atoms with E-state index in [1.165, 1.54) is 122 Å². The molecule has 6 heteroatoms. The Morgan fingerprint density at radius 3 is 1.03 bits per heavy atom. The van der Waals surface area contributed by atoms with Crippen molar-refractivity contribution in [3.63, 3.8) is 0 Å². The zero-order valence-corrected chi connectivity index (χ0v) is 40.2. The number of unbranched alkanes of at least 4 members (excludes halogenated alkanes) is 27. The molecule has 0 aliphatic carbocycles. The Morgan fingerprint density at radius 1 is 0.328 bits per heavy atom. The van der Waals surface area contributed by atoms with Gasteiger partial charge in [0.05, 0.1) is 0 Å². The molecule has 0 radical (unpaired) electrons. The summed E-state index contributed by atoms with van der Waals surface area (Å²) in [5, 5.41) is 0. The Hall–Kier alpha value is -2.89. The van der Waals surface area contributed by atoms with Gasteiger partial charge in [-0.05, 0) is 89.9 Å². The molecule has 0 fully saturated rings. The van der Waals surface area contributed by atoms with Gasteiger partial charge >= 0.3 is 17.9 Å². The van der Waals surface area contributed by atoms with Gasteiger partial charge in [-0.2, -0.15) is 0 Å². The molecular weight excluding hydrogens is 757 g/mol. The molecule has 352 valence electrons. The van der Waals surface area contributed by atoms with E-state index >= 15 is 0 Å². The summed E-state index contributed by atoms with van der Waals surface area (Å²) in [7, 11) is 0. The monoisotopic (exact) mass is 853 g/mol. The van der Waals surface area contributed by atoms with Gasteiger partial charge in [-0.3, -0.25) is 14.4 Å². The van der Waals surface area contributed by atoms with E-state index in [1.807, 2.05) is 0 Å². The highest BCUT2D eigenvalue weighted by molar-refractivity contribution is 5.71. The minimum atomic E-state index is -0.796. The first kappa shape index (κ1) is 58.1. The number of rotatable bonds is 46. The zero-order chi connectivity index (χ0) is 44.4. The minimum Gasteiger partial charge on any atom is -0.462 e. The zero-order valence-electron chi connectivity index (χ0n) is 40.2. The quantitative estimate of drug-likeness (QED) is 0.0200. The molecule has 0 aliphatic heterocycles. The lowest BCUT2D eigenvalue weighted by Gasteiger charge is -2.18. The molecule has 1 unspecified atom stereocenters. The molecular formula is C55H96O6. The van der Waals surface area contributed by atoms with Crippen LogP contribution in [0.4, 0.5) is 0 Å². The molecule has 0 spiro atoms. The second-order valence-electron chi connectivity index (χ2n) is 17.1. The number of hydrogen-bond donors (Lipinski definition) is 0. The van der Waals surface area contributed by atoms with Crippen LogP contribution in [-0.4, -0.2) is 37.2 Å². The fourth-order valence-electron chi connectivity index (χ4n) is 7.09. The lowest BCUT2D eigenvalue weighted by Crippen LogP contribution is -2.30. The minimum absolute atomic E-state index is 0.0965. The van der Waals surface area contributed by atoms with Crippen molar-refractivity contribution < 1.29 is 28.6 Å². The lowest BCUT2D eigenvalue weighted by molar-refractivity contribution is -0.167. The molecule has 0 aromatic heterocycles. The molecule has 0 saturated carbocycles.